The highest BCUT2D eigenvalue weighted by atomic mass is 35.5. The van der Waals surface area contributed by atoms with Crippen molar-refractivity contribution in [3.63, 3.8) is 0 Å². The summed E-state index contributed by atoms with van der Waals surface area (Å²) in [5.74, 6) is -1.87. The molecule has 0 spiro atoms. The monoisotopic (exact) mass is 678 g/mol. The van der Waals surface area contributed by atoms with Crippen LogP contribution in [0.4, 0.5) is 13.2 Å². The number of hydrogen-bond acceptors (Lipinski definition) is 6. The fraction of sp³-hybridized carbons (Fsp3) is 0.0556. The van der Waals surface area contributed by atoms with Gasteiger partial charge < -0.3 is 9.73 Å². The van der Waals surface area contributed by atoms with E-state index in [1.807, 2.05) is 22.9 Å². The number of carbonyl (C=O) groups is 1. The lowest BCUT2D eigenvalue weighted by Gasteiger charge is -2.20. The largest absolute Gasteiger partial charge is 0.416 e. The van der Waals surface area contributed by atoms with E-state index in [1.165, 1.54) is 30.6 Å². The standard InChI is InChI=1S/C36H23ClF3N7O2/c37-30-16-24(21-5-8-27(38)9-6-21)7-10-29(30)32(18-47-12-11-41-20-47)44-34(48)22-1-3-23(4-2-22)35-45-46-36(49-35)26-13-25(14-28(39)15-26)33-31(40)17-42-19-43-33/h1-17,19-20,32H,18H2,(H,44,48)/p+1/t32-/m0/s1. The third-order valence-corrected chi connectivity index (χ3v) is 8.09. The number of hydrogen-bond donors (Lipinski definition) is 2. The topological polar surface area (TPSA) is 113 Å². The first-order valence-corrected chi connectivity index (χ1v) is 15.3. The molecule has 3 aromatic heterocycles. The van der Waals surface area contributed by atoms with Crippen molar-refractivity contribution >= 4 is 17.5 Å². The lowest BCUT2D eigenvalue weighted by atomic mass is 10.00. The van der Waals surface area contributed by atoms with Crippen molar-refractivity contribution in [2.45, 2.75) is 12.6 Å². The molecule has 0 aliphatic carbocycles. The average Bonchev–Trinajstić information content (AvgIpc) is 3.82. The zero-order valence-electron chi connectivity index (χ0n) is 25.3. The smallest absolute Gasteiger partial charge is 0.251 e. The Kier molecular flexibility index (Phi) is 8.69. The Balaban J connectivity index is 1.10. The molecule has 1 atom stereocenters. The molecule has 0 bridgehead atoms. The summed E-state index contributed by atoms with van der Waals surface area (Å²) in [6.45, 7) is 0.388. The van der Waals surface area contributed by atoms with Gasteiger partial charge in [0, 0.05) is 27.3 Å². The van der Waals surface area contributed by atoms with Crippen molar-refractivity contribution in [1.29, 1.82) is 0 Å². The van der Waals surface area contributed by atoms with Gasteiger partial charge in [0.25, 0.3) is 5.91 Å². The molecule has 242 valence electrons. The first kappa shape index (κ1) is 31.5. The highest BCUT2D eigenvalue weighted by Gasteiger charge is 2.22. The van der Waals surface area contributed by atoms with Crippen LogP contribution in [0.1, 0.15) is 22.0 Å². The Bertz CT molecular complexity index is 2260. The number of H-pyrrole nitrogens is 1. The number of nitrogens with zero attached hydrogens (tertiary/aromatic N) is 5. The summed E-state index contributed by atoms with van der Waals surface area (Å²) < 4.78 is 49.9. The Labute approximate surface area is 282 Å². The van der Waals surface area contributed by atoms with Gasteiger partial charge in [-0.25, -0.2) is 27.7 Å². The van der Waals surface area contributed by atoms with Gasteiger partial charge in [0.1, 0.15) is 42.6 Å². The predicted octanol–water partition coefficient (Wildman–Crippen LogP) is 7.39. The molecule has 49 heavy (non-hydrogen) atoms. The van der Waals surface area contributed by atoms with Crippen LogP contribution in [-0.4, -0.2) is 31.1 Å². The third-order valence-electron chi connectivity index (χ3n) is 7.76. The summed E-state index contributed by atoms with van der Waals surface area (Å²) in [6, 6.07) is 21.5. The second-order valence-electron chi connectivity index (χ2n) is 11.0. The fourth-order valence-corrected chi connectivity index (χ4v) is 5.65. The third kappa shape index (κ3) is 6.94. The van der Waals surface area contributed by atoms with Crippen LogP contribution in [0.25, 0.3) is 45.3 Å². The van der Waals surface area contributed by atoms with E-state index in [0.29, 0.717) is 28.3 Å². The normalized spacial score (nSPS) is 11.8. The number of carbonyl (C=O) groups excluding carboxylic acids is 1. The molecule has 4 aromatic carbocycles. The van der Waals surface area contributed by atoms with Crippen LogP contribution in [0, 0.1) is 17.5 Å². The second-order valence-corrected chi connectivity index (χ2v) is 11.4. The van der Waals surface area contributed by atoms with Crippen molar-refractivity contribution in [2.75, 3.05) is 0 Å². The van der Waals surface area contributed by atoms with E-state index in [0.717, 1.165) is 23.4 Å². The van der Waals surface area contributed by atoms with Gasteiger partial charge in [-0.2, -0.15) is 0 Å². The van der Waals surface area contributed by atoms with Crippen LogP contribution in [0.15, 0.2) is 121 Å². The molecule has 7 rings (SSSR count). The number of aromatic nitrogens is 6. The Morgan fingerprint density at radius 2 is 1.55 bits per heavy atom. The molecular formula is C36H24ClF3N7O2+. The molecule has 0 radical (unpaired) electrons. The highest BCUT2D eigenvalue weighted by molar-refractivity contribution is 6.31. The molecule has 13 heteroatoms. The van der Waals surface area contributed by atoms with E-state index >= 15 is 0 Å². The Hall–Kier alpha value is -6.14. The summed E-state index contributed by atoms with van der Waals surface area (Å²) in [7, 11) is 0. The predicted molar refractivity (Wildman–Crippen MR) is 174 cm³/mol. The van der Waals surface area contributed by atoms with Crippen LogP contribution in [-0.2, 0) is 6.54 Å². The molecular weight excluding hydrogens is 655 g/mol. The minimum absolute atomic E-state index is 0.0134. The van der Waals surface area contributed by atoms with E-state index < -0.39 is 17.7 Å². The highest BCUT2D eigenvalue weighted by Crippen LogP contribution is 2.31. The summed E-state index contributed by atoms with van der Waals surface area (Å²) in [5, 5.41) is 11.6. The second kappa shape index (κ2) is 13.5. The number of rotatable bonds is 9. The van der Waals surface area contributed by atoms with E-state index in [2.05, 4.69) is 30.5 Å². The minimum Gasteiger partial charge on any atom is -0.416 e. The molecule has 3 heterocycles. The summed E-state index contributed by atoms with van der Waals surface area (Å²) >= 11 is 6.76. The van der Waals surface area contributed by atoms with E-state index in [1.54, 1.807) is 55.0 Å². The summed E-state index contributed by atoms with van der Waals surface area (Å²) in [4.78, 5) is 24.0. The van der Waals surface area contributed by atoms with Crippen LogP contribution in [0.5, 0.6) is 0 Å². The first-order chi connectivity index (χ1) is 23.8. The van der Waals surface area contributed by atoms with E-state index in [9.17, 15) is 18.0 Å². The van der Waals surface area contributed by atoms with Crippen molar-refractivity contribution < 1.29 is 27.0 Å². The van der Waals surface area contributed by atoms with Gasteiger partial charge in [0.2, 0.25) is 18.1 Å². The number of benzene rings is 4. The number of halogens is 4. The Morgan fingerprint density at radius 3 is 2.27 bits per heavy atom. The van der Waals surface area contributed by atoms with Crippen molar-refractivity contribution in [2.24, 2.45) is 0 Å². The molecule has 7 aromatic rings. The maximum Gasteiger partial charge on any atom is 0.251 e. The maximum atomic E-state index is 14.5. The molecule has 0 aliphatic heterocycles. The maximum absolute atomic E-state index is 14.5. The zero-order chi connectivity index (χ0) is 33.9. The lowest BCUT2D eigenvalue weighted by Crippen LogP contribution is -2.41. The van der Waals surface area contributed by atoms with Gasteiger partial charge in [-0.05, 0) is 77.4 Å². The number of imidazole rings is 1. The molecule has 1 amide bonds. The minimum atomic E-state index is -0.702. The lowest BCUT2D eigenvalue weighted by molar-refractivity contribution is -0.698. The molecule has 0 saturated heterocycles. The van der Waals surface area contributed by atoms with Crippen LogP contribution < -0.4 is 9.88 Å². The van der Waals surface area contributed by atoms with Gasteiger partial charge in [-0.1, -0.05) is 35.9 Å². The van der Waals surface area contributed by atoms with Gasteiger partial charge in [0.05, 0.1) is 12.2 Å². The van der Waals surface area contributed by atoms with Crippen LogP contribution in [0.3, 0.4) is 0 Å². The molecule has 0 aliphatic rings. The van der Waals surface area contributed by atoms with E-state index in [4.69, 9.17) is 16.0 Å². The van der Waals surface area contributed by atoms with Crippen LogP contribution in [0.2, 0.25) is 5.02 Å². The molecule has 2 N–H and O–H groups in total. The molecule has 0 unspecified atom stereocenters. The quantitative estimate of drug-likeness (QED) is 0.154. The first-order valence-electron chi connectivity index (χ1n) is 14.9. The van der Waals surface area contributed by atoms with Gasteiger partial charge in [0.15, 0.2) is 5.82 Å². The van der Waals surface area contributed by atoms with E-state index in [-0.39, 0.29) is 40.3 Å². The van der Waals surface area contributed by atoms with Gasteiger partial charge in [-0.3, -0.25) is 9.78 Å². The van der Waals surface area contributed by atoms with Gasteiger partial charge >= 0.3 is 0 Å². The number of aromatic amines is 1. The summed E-state index contributed by atoms with van der Waals surface area (Å²) in [6.07, 6.45) is 7.54. The fourth-order valence-electron chi connectivity index (χ4n) is 5.34. The summed E-state index contributed by atoms with van der Waals surface area (Å²) in [5.41, 5.74) is 3.56. The van der Waals surface area contributed by atoms with Crippen molar-refractivity contribution in [3.8, 4) is 45.3 Å². The van der Waals surface area contributed by atoms with Crippen LogP contribution >= 0.6 is 11.6 Å². The Morgan fingerprint density at radius 1 is 0.837 bits per heavy atom. The number of nitrogens with one attached hydrogen (secondary N) is 2. The van der Waals surface area contributed by atoms with Gasteiger partial charge in [-0.15, -0.1) is 10.2 Å². The molecule has 0 fully saturated rings. The van der Waals surface area contributed by atoms with Crippen molar-refractivity contribution in [1.82, 2.24) is 30.5 Å². The SMILES string of the molecule is O=C(N[C@@H](C[n+]1cc[nH]c1)c1ccc(-c2ccc(F)cc2)cc1Cl)c1ccc(-c2nnc(-c3cc(F)cc(-c4ncncc4F)c3)o2)cc1. The average molecular weight is 679 g/mol. The molecule has 9 nitrogen and oxygen atoms in total. The number of amides is 1. The molecule has 0 saturated carbocycles. The zero-order valence-corrected chi connectivity index (χ0v) is 26.1. The van der Waals surface area contributed by atoms with Crippen molar-refractivity contribution in [3.05, 3.63) is 150 Å².